The van der Waals surface area contributed by atoms with Crippen molar-refractivity contribution in [2.24, 2.45) is 0 Å². The Morgan fingerprint density at radius 2 is 1.70 bits per heavy atom. The van der Waals surface area contributed by atoms with E-state index in [0.29, 0.717) is 11.1 Å². The third-order valence-corrected chi connectivity index (χ3v) is 4.46. The number of aliphatic hydroxyl groups is 1. The van der Waals surface area contributed by atoms with Crippen LogP contribution < -0.4 is 0 Å². The van der Waals surface area contributed by atoms with Gasteiger partial charge in [-0.15, -0.1) is 11.3 Å². The Bertz CT molecular complexity index is 779. The summed E-state index contributed by atoms with van der Waals surface area (Å²) in [6, 6.07) is 10.6. The molecule has 1 atom stereocenters. The van der Waals surface area contributed by atoms with Crippen LogP contribution in [-0.4, -0.2) is 5.11 Å². The number of rotatable bonds is 2. The minimum atomic E-state index is -0.823. The summed E-state index contributed by atoms with van der Waals surface area (Å²) in [5.74, 6) is -0.619. The van der Waals surface area contributed by atoms with Gasteiger partial charge < -0.3 is 5.11 Å². The Kier molecular flexibility index (Phi) is 3.28. The van der Waals surface area contributed by atoms with Crippen LogP contribution in [0.4, 0.5) is 8.78 Å². The first-order valence-corrected chi connectivity index (χ1v) is 6.99. The second kappa shape index (κ2) is 4.96. The summed E-state index contributed by atoms with van der Waals surface area (Å²) in [5.41, 5.74) is 1.36. The second-order valence-electron chi connectivity index (χ2n) is 4.73. The highest BCUT2D eigenvalue weighted by Gasteiger charge is 2.16. The van der Waals surface area contributed by atoms with Gasteiger partial charge in [0.05, 0.1) is 0 Å². The van der Waals surface area contributed by atoms with Crippen LogP contribution in [0.15, 0.2) is 42.5 Å². The summed E-state index contributed by atoms with van der Waals surface area (Å²) in [7, 11) is 0. The van der Waals surface area contributed by atoms with Gasteiger partial charge in [0.2, 0.25) is 0 Å². The molecule has 1 heterocycles. The first-order chi connectivity index (χ1) is 9.54. The maximum absolute atomic E-state index is 13.2. The van der Waals surface area contributed by atoms with Gasteiger partial charge >= 0.3 is 0 Å². The lowest BCUT2D eigenvalue weighted by atomic mass is 10.0. The van der Waals surface area contributed by atoms with Gasteiger partial charge in [0.15, 0.2) is 0 Å². The van der Waals surface area contributed by atoms with Crippen LogP contribution in [0.1, 0.15) is 22.1 Å². The van der Waals surface area contributed by atoms with E-state index in [1.165, 1.54) is 35.6 Å². The number of hydrogen-bond donors (Lipinski definition) is 1. The zero-order chi connectivity index (χ0) is 14.3. The summed E-state index contributed by atoms with van der Waals surface area (Å²) in [6.45, 7) is 1.76. The van der Waals surface area contributed by atoms with E-state index >= 15 is 0 Å². The average Bonchev–Trinajstić information content (AvgIpc) is 2.81. The van der Waals surface area contributed by atoms with Crippen molar-refractivity contribution in [3.63, 3.8) is 0 Å². The highest BCUT2D eigenvalue weighted by Crippen LogP contribution is 2.34. The molecule has 0 aliphatic heterocycles. The number of halogens is 2. The number of aliphatic hydroxyl groups excluding tert-OH is 1. The number of thiophene rings is 1. The first-order valence-electron chi connectivity index (χ1n) is 6.18. The molecule has 0 amide bonds. The van der Waals surface area contributed by atoms with Crippen molar-refractivity contribution in [3.8, 4) is 0 Å². The summed E-state index contributed by atoms with van der Waals surface area (Å²) in [6.07, 6.45) is -0.823. The lowest BCUT2D eigenvalue weighted by molar-refractivity contribution is 0.223. The smallest absolute Gasteiger partial charge is 0.123 e. The van der Waals surface area contributed by atoms with Crippen LogP contribution in [-0.2, 0) is 0 Å². The molecule has 1 unspecified atom stereocenters. The Morgan fingerprint density at radius 3 is 2.45 bits per heavy atom. The quantitative estimate of drug-likeness (QED) is 0.733. The van der Waals surface area contributed by atoms with Crippen LogP contribution in [0, 0.1) is 18.6 Å². The Hall–Kier alpha value is -1.78. The van der Waals surface area contributed by atoms with Crippen molar-refractivity contribution in [3.05, 3.63) is 70.1 Å². The van der Waals surface area contributed by atoms with Gasteiger partial charge in [-0.25, -0.2) is 8.78 Å². The third kappa shape index (κ3) is 2.32. The molecule has 0 radical (unpaired) electrons. The molecule has 0 bridgehead atoms. The zero-order valence-corrected chi connectivity index (χ0v) is 11.5. The zero-order valence-electron chi connectivity index (χ0n) is 10.7. The molecule has 0 saturated carbocycles. The molecule has 0 aliphatic carbocycles. The highest BCUT2D eigenvalue weighted by molar-refractivity contribution is 7.19. The molecule has 3 aromatic rings. The highest BCUT2D eigenvalue weighted by atomic mass is 32.1. The predicted molar refractivity (Wildman–Crippen MR) is 77.0 cm³/mol. The summed E-state index contributed by atoms with van der Waals surface area (Å²) >= 11 is 1.41. The van der Waals surface area contributed by atoms with Gasteiger partial charge in [0.25, 0.3) is 0 Å². The van der Waals surface area contributed by atoms with E-state index in [1.54, 1.807) is 25.1 Å². The molecule has 4 heteroatoms. The number of benzene rings is 2. The average molecular weight is 290 g/mol. The predicted octanol–water partition coefficient (Wildman–Crippen LogP) is 4.57. The first kappa shape index (κ1) is 13.2. The lowest BCUT2D eigenvalue weighted by Gasteiger charge is -2.11. The molecule has 1 aromatic heterocycles. The van der Waals surface area contributed by atoms with E-state index in [4.69, 9.17) is 0 Å². The van der Waals surface area contributed by atoms with Gasteiger partial charge in [-0.3, -0.25) is 0 Å². The van der Waals surface area contributed by atoms with Crippen molar-refractivity contribution < 1.29 is 13.9 Å². The monoisotopic (exact) mass is 290 g/mol. The van der Waals surface area contributed by atoms with Gasteiger partial charge in [-0.1, -0.05) is 6.07 Å². The minimum absolute atomic E-state index is 0.297. The second-order valence-corrected chi connectivity index (χ2v) is 5.85. The molecule has 102 valence electrons. The van der Waals surface area contributed by atoms with Crippen LogP contribution in [0.3, 0.4) is 0 Å². The molecule has 3 rings (SSSR count). The molecule has 1 nitrogen and oxygen atoms in total. The maximum atomic E-state index is 13.2. The van der Waals surface area contributed by atoms with Gasteiger partial charge in [0.1, 0.15) is 17.7 Å². The van der Waals surface area contributed by atoms with Gasteiger partial charge in [-0.05, 0) is 59.8 Å². The molecule has 0 saturated heterocycles. The van der Waals surface area contributed by atoms with Gasteiger partial charge in [-0.2, -0.15) is 0 Å². The Balaban J connectivity index is 2.05. The fraction of sp³-hybridized carbons (Fsp3) is 0.125. The van der Waals surface area contributed by atoms with Crippen molar-refractivity contribution in [1.82, 2.24) is 0 Å². The summed E-state index contributed by atoms with van der Waals surface area (Å²) < 4.78 is 27.2. The standard InChI is InChI=1S/C16H12F2OS/c1-9-6-11(17)2-4-13(9)16(19)15-8-10-7-12(18)3-5-14(10)20-15/h2-8,16,19H,1H3. The van der Waals surface area contributed by atoms with Crippen LogP contribution >= 0.6 is 11.3 Å². The van der Waals surface area contributed by atoms with E-state index in [1.807, 2.05) is 0 Å². The topological polar surface area (TPSA) is 20.2 Å². The van der Waals surface area contributed by atoms with E-state index in [-0.39, 0.29) is 11.6 Å². The van der Waals surface area contributed by atoms with E-state index in [0.717, 1.165) is 15.0 Å². The molecule has 0 fully saturated rings. The fourth-order valence-electron chi connectivity index (χ4n) is 2.27. The van der Waals surface area contributed by atoms with Crippen LogP contribution in [0.2, 0.25) is 0 Å². The van der Waals surface area contributed by atoms with Crippen molar-refractivity contribution in [1.29, 1.82) is 0 Å². The molecule has 1 N–H and O–H groups in total. The van der Waals surface area contributed by atoms with Crippen molar-refractivity contribution in [2.75, 3.05) is 0 Å². The number of aryl methyl sites for hydroxylation is 1. The Morgan fingerprint density at radius 1 is 1.00 bits per heavy atom. The van der Waals surface area contributed by atoms with E-state index < -0.39 is 6.10 Å². The molecule has 0 aliphatic rings. The normalized spacial score (nSPS) is 12.8. The summed E-state index contributed by atoms with van der Waals surface area (Å²) in [5, 5.41) is 11.2. The van der Waals surface area contributed by atoms with Crippen LogP contribution in [0.25, 0.3) is 10.1 Å². The fourth-order valence-corrected chi connectivity index (χ4v) is 3.32. The molecule has 2 aromatic carbocycles. The lowest BCUT2D eigenvalue weighted by Crippen LogP contribution is -2.00. The molecular formula is C16H12F2OS. The van der Waals surface area contributed by atoms with Crippen molar-refractivity contribution >= 4 is 21.4 Å². The van der Waals surface area contributed by atoms with E-state index in [2.05, 4.69) is 0 Å². The number of fused-ring (bicyclic) bond motifs is 1. The third-order valence-electron chi connectivity index (χ3n) is 3.29. The molecule has 20 heavy (non-hydrogen) atoms. The van der Waals surface area contributed by atoms with Crippen molar-refractivity contribution in [2.45, 2.75) is 13.0 Å². The SMILES string of the molecule is Cc1cc(F)ccc1C(O)c1cc2cc(F)ccc2s1. The molecular weight excluding hydrogens is 278 g/mol. The van der Waals surface area contributed by atoms with E-state index in [9.17, 15) is 13.9 Å². The minimum Gasteiger partial charge on any atom is -0.383 e. The van der Waals surface area contributed by atoms with Crippen LogP contribution in [0.5, 0.6) is 0 Å². The molecule has 0 spiro atoms. The largest absolute Gasteiger partial charge is 0.383 e. The summed E-state index contributed by atoms with van der Waals surface area (Å²) in [4.78, 5) is 0.723. The van der Waals surface area contributed by atoms with Gasteiger partial charge in [0, 0.05) is 9.58 Å². The Labute approximate surface area is 119 Å². The number of hydrogen-bond acceptors (Lipinski definition) is 2. The maximum Gasteiger partial charge on any atom is 0.123 e.